The molecule has 0 saturated heterocycles. The zero-order valence-electron chi connectivity index (χ0n) is 11.8. The molecule has 1 rings (SSSR count). The van der Waals surface area contributed by atoms with E-state index in [4.69, 9.17) is 4.42 Å². The second-order valence-electron chi connectivity index (χ2n) is 5.32. The minimum atomic E-state index is 0.531. The van der Waals surface area contributed by atoms with Crippen molar-refractivity contribution in [3.05, 3.63) is 23.7 Å². The van der Waals surface area contributed by atoms with Gasteiger partial charge in [-0.05, 0) is 39.4 Å². The molecule has 0 bridgehead atoms. The van der Waals surface area contributed by atoms with E-state index in [1.807, 2.05) is 6.92 Å². The predicted molar refractivity (Wildman–Crippen MR) is 72.1 cm³/mol. The van der Waals surface area contributed by atoms with E-state index in [0.29, 0.717) is 12.0 Å². The minimum Gasteiger partial charge on any atom is -0.469 e. The topological polar surface area (TPSA) is 28.4 Å². The van der Waals surface area contributed by atoms with Crippen LogP contribution in [0.25, 0.3) is 0 Å². The average Bonchev–Trinajstić information content (AvgIpc) is 2.63. The maximum absolute atomic E-state index is 5.32. The molecule has 0 spiro atoms. The van der Waals surface area contributed by atoms with Gasteiger partial charge in [0.15, 0.2) is 0 Å². The third-order valence-corrected chi connectivity index (χ3v) is 3.13. The van der Waals surface area contributed by atoms with Crippen molar-refractivity contribution >= 4 is 0 Å². The van der Waals surface area contributed by atoms with E-state index in [0.717, 1.165) is 25.4 Å². The number of hydrogen-bond donors (Lipinski definition) is 1. The summed E-state index contributed by atoms with van der Waals surface area (Å²) >= 11 is 0. The summed E-state index contributed by atoms with van der Waals surface area (Å²) in [5, 5.41) is 3.49. The molecule has 0 amide bonds. The largest absolute Gasteiger partial charge is 0.469 e. The maximum Gasteiger partial charge on any atom is 0.105 e. The van der Waals surface area contributed by atoms with E-state index in [-0.39, 0.29) is 0 Å². The van der Waals surface area contributed by atoms with Gasteiger partial charge in [-0.15, -0.1) is 0 Å². The van der Waals surface area contributed by atoms with Crippen LogP contribution in [0.3, 0.4) is 0 Å². The van der Waals surface area contributed by atoms with Gasteiger partial charge in [0.25, 0.3) is 0 Å². The second kappa shape index (κ2) is 6.82. The molecule has 1 aromatic heterocycles. The molecular formula is C14H26N2O. The quantitative estimate of drug-likeness (QED) is 0.791. The monoisotopic (exact) mass is 238 g/mol. The summed E-state index contributed by atoms with van der Waals surface area (Å²) in [7, 11) is 2.16. The number of nitrogens with zero attached hydrogens (tertiary/aromatic N) is 1. The first-order valence-corrected chi connectivity index (χ1v) is 6.44. The van der Waals surface area contributed by atoms with Crippen LogP contribution in [0.5, 0.6) is 0 Å². The fourth-order valence-electron chi connectivity index (χ4n) is 1.74. The van der Waals surface area contributed by atoms with Gasteiger partial charge in [-0.3, -0.25) is 4.90 Å². The molecule has 3 nitrogen and oxygen atoms in total. The van der Waals surface area contributed by atoms with Gasteiger partial charge < -0.3 is 9.73 Å². The van der Waals surface area contributed by atoms with Gasteiger partial charge in [-0.25, -0.2) is 0 Å². The van der Waals surface area contributed by atoms with Crippen molar-refractivity contribution in [1.29, 1.82) is 0 Å². The summed E-state index contributed by atoms with van der Waals surface area (Å²) in [5.74, 6) is 1.74. The molecule has 0 radical (unpaired) electrons. The highest BCUT2D eigenvalue weighted by Crippen LogP contribution is 2.12. The van der Waals surface area contributed by atoms with Gasteiger partial charge in [-0.1, -0.05) is 13.8 Å². The summed E-state index contributed by atoms with van der Waals surface area (Å²) in [6.07, 6.45) is 1.76. The number of rotatable bonds is 7. The van der Waals surface area contributed by atoms with Crippen LogP contribution >= 0.6 is 0 Å². The Bertz CT molecular complexity index is 320. The number of furan rings is 1. The molecule has 0 aromatic carbocycles. The smallest absolute Gasteiger partial charge is 0.105 e. The van der Waals surface area contributed by atoms with Crippen LogP contribution in [0.1, 0.15) is 32.1 Å². The van der Waals surface area contributed by atoms with Gasteiger partial charge in [0.05, 0.1) is 6.26 Å². The molecular weight excluding hydrogens is 212 g/mol. The van der Waals surface area contributed by atoms with Crippen LogP contribution in [-0.2, 0) is 6.54 Å². The summed E-state index contributed by atoms with van der Waals surface area (Å²) in [6.45, 7) is 11.8. The first kappa shape index (κ1) is 14.3. The van der Waals surface area contributed by atoms with Crippen LogP contribution in [0.2, 0.25) is 0 Å². The van der Waals surface area contributed by atoms with Crippen LogP contribution in [-0.4, -0.2) is 31.1 Å². The highest BCUT2D eigenvalue weighted by molar-refractivity contribution is 5.15. The molecule has 1 heterocycles. The Morgan fingerprint density at radius 2 is 2.00 bits per heavy atom. The summed E-state index contributed by atoms with van der Waals surface area (Å²) in [5.41, 5.74) is 1.28. The third kappa shape index (κ3) is 4.92. The lowest BCUT2D eigenvalue weighted by Crippen LogP contribution is -2.38. The second-order valence-corrected chi connectivity index (χ2v) is 5.32. The first-order chi connectivity index (χ1) is 8.00. The number of hydrogen-bond acceptors (Lipinski definition) is 3. The molecule has 0 aliphatic heterocycles. The minimum absolute atomic E-state index is 0.531. The Balaban J connectivity index is 2.32. The molecule has 3 heteroatoms. The lowest BCUT2D eigenvalue weighted by atomic mass is 10.2. The average molecular weight is 238 g/mol. The number of aryl methyl sites for hydroxylation is 1. The van der Waals surface area contributed by atoms with E-state index in [1.54, 1.807) is 6.26 Å². The van der Waals surface area contributed by atoms with E-state index < -0.39 is 0 Å². The Labute approximate surface area is 105 Å². The summed E-state index contributed by atoms with van der Waals surface area (Å²) < 4.78 is 5.32. The van der Waals surface area contributed by atoms with Crippen LogP contribution in [0, 0.1) is 12.8 Å². The van der Waals surface area contributed by atoms with Crippen molar-refractivity contribution in [3.63, 3.8) is 0 Å². The van der Waals surface area contributed by atoms with Crippen LogP contribution in [0.4, 0.5) is 0 Å². The molecule has 0 aliphatic rings. The van der Waals surface area contributed by atoms with Gasteiger partial charge in [0.1, 0.15) is 5.76 Å². The number of nitrogens with one attached hydrogen (secondary N) is 1. The lowest BCUT2D eigenvalue weighted by molar-refractivity contribution is 0.240. The zero-order chi connectivity index (χ0) is 12.8. The highest BCUT2D eigenvalue weighted by Gasteiger charge is 2.11. The van der Waals surface area contributed by atoms with E-state index in [2.05, 4.69) is 44.1 Å². The van der Waals surface area contributed by atoms with E-state index in [1.165, 1.54) is 5.56 Å². The lowest BCUT2D eigenvalue weighted by Gasteiger charge is -2.25. The molecule has 1 atom stereocenters. The normalized spacial score (nSPS) is 13.6. The maximum atomic E-state index is 5.32. The molecule has 0 fully saturated rings. The molecule has 0 aliphatic carbocycles. The standard InChI is InChI=1S/C14H26N2O/c1-11(2)8-15-9-12(3)16(5)10-14-6-7-17-13(14)4/h6-7,11-12,15H,8-10H2,1-5H3. The SMILES string of the molecule is Cc1occc1CN(C)C(C)CNCC(C)C. The van der Waals surface area contributed by atoms with Crippen LogP contribution in [0.15, 0.2) is 16.7 Å². The first-order valence-electron chi connectivity index (χ1n) is 6.44. The zero-order valence-corrected chi connectivity index (χ0v) is 11.8. The highest BCUT2D eigenvalue weighted by atomic mass is 16.3. The molecule has 17 heavy (non-hydrogen) atoms. The molecule has 1 aromatic rings. The van der Waals surface area contributed by atoms with Gasteiger partial charge in [0, 0.05) is 24.7 Å². The van der Waals surface area contributed by atoms with Crippen molar-refractivity contribution in [2.45, 2.75) is 40.3 Å². The molecule has 98 valence electrons. The van der Waals surface area contributed by atoms with Crippen molar-refractivity contribution in [2.75, 3.05) is 20.1 Å². The predicted octanol–water partition coefficient (Wildman–Crippen LogP) is 2.65. The Kier molecular flexibility index (Phi) is 5.72. The van der Waals surface area contributed by atoms with Crippen molar-refractivity contribution in [2.24, 2.45) is 5.92 Å². The Hall–Kier alpha value is -0.800. The Morgan fingerprint density at radius 3 is 2.53 bits per heavy atom. The van der Waals surface area contributed by atoms with Crippen LogP contribution < -0.4 is 5.32 Å². The summed E-state index contributed by atoms with van der Waals surface area (Å²) in [6, 6.07) is 2.59. The molecule has 1 N–H and O–H groups in total. The van der Waals surface area contributed by atoms with E-state index >= 15 is 0 Å². The van der Waals surface area contributed by atoms with Crippen molar-refractivity contribution < 1.29 is 4.42 Å². The molecule has 0 saturated carbocycles. The third-order valence-electron chi connectivity index (χ3n) is 3.13. The Morgan fingerprint density at radius 1 is 1.29 bits per heavy atom. The van der Waals surface area contributed by atoms with Gasteiger partial charge in [0.2, 0.25) is 0 Å². The fourth-order valence-corrected chi connectivity index (χ4v) is 1.74. The fraction of sp³-hybridized carbons (Fsp3) is 0.714. The van der Waals surface area contributed by atoms with Gasteiger partial charge >= 0.3 is 0 Å². The van der Waals surface area contributed by atoms with Crippen molar-refractivity contribution in [1.82, 2.24) is 10.2 Å². The van der Waals surface area contributed by atoms with Gasteiger partial charge in [-0.2, -0.15) is 0 Å². The number of likely N-dealkylation sites (N-methyl/N-ethyl adjacent to an activating group) is 1. The van der Waals surface area contributed by atoms with E-state index in [9.17, 15) is 0 Å². The summed E-state index contributed by atoms with van der Waals surface area (Å²) in [4.78, 5) is 2.35. The van der Waals surface area contributed by atoms with Crippen molar-refractivity contribution in [3.8, 4) is 0 Å². The molecule has 1 unspecified atom stereocenters.